The van der Waals surface area contributed by atoms with Crippen LogP contribution >= 0.6 is 11.8 Å². The van der Waals surface area contributed by atoms with Crippen molar-refractivity contribution >= 4 is 17.7 Å². The van der Waals surface area contributed by atoms with Crippen LogP contribution in [-0.4, -0.2) is 32.5 Å². The number of carbonyl (C=O) groups is 1. The Morgan fingerprint density at radius 2 is 2.04 bits per heavy atom. The minimum absolute atomic E-state index is 0.0798. The number of carbonyl (C=O) groups excluding carboxylic acids is 1. The third-order valence-corrected chi connectivity index (χ3v) is 5.69. The van der Waals surface area contributed by atoms with Gasteiger partial charge in [0.05, 0.1) is 17.1 Å². The fraction of sp³-hybridized carbons (Fsp3) is 0.316. The van der Waals surface area contributed by atoms with Crippen LogP contribution in [0.1, 0.15) is 25.0 Å². The van der Waals surface area contributed by atoms with Crippen LogP contribution in [0.3, 0.4) is 0 Å². The molecule has 26 heavy (non-hydrogen) atoms. The van der Waals surface area contributed by atoms with E-state index in [-0.39, 0.29) is 11.2 Å². The van der Waals surface area contributed by atoms with Gasteiger partial charge in [-0.25, -0.2) is 0 Å². The fourth-order valence-electron chi connectivity index (χ4n) is 3.10. The molecule has 4 rings (SSSR count). The molecule has 6 nitrogen and oxygen atoms in total. The Morgan fingerprint density at radius 3 is 2.81 bits per heavy atom. The van der Waals surface area contributed by atoms with Crippen LogP contribution in [-0.2, 0) is 4.79 Å². The van der Waals surface area contributed by atoms with Gasteiger partial charge in [-0.3, -0.25) is 9.36 Å². The lowest BCUT2D eigenvalue weighted by Crippen LogP contribution is -2.30. The second kappa shape index (κ2) is 7.37. The molecule has 134 valence electrons. The van der Waals surface area contributed by atoms with Crippen molar-refractivity contribution in [3.63, 3.8) is 0 Å². The van der Waals surface area contributed by atoms with Gasteiger partial charge >= 0.3 is 0 Å². The fourth-order valence-corrected chi connectivity index (χ4v) is 4.21. The molecule has 1 unspecified atom stereocenters. The number of nitrogens with one attached hydrogen (secondary N) is 1. The van der Waals surface area contributed by atoms with E-state index in [1.54, 1.807) is 6.26 Å². The molecule has 3 aromatic rings. The van der Waals surface area contributed by atoms with Crippen molar-refractivity contribution in [1.29, 1.82) is 0 Å². The summed E-state index contributed by atoms with van der Waals surface area (Å²) in [7, 11) is 0. The zero-order chi connectivity index (χ0) is 17.9. The summed E-state index contributed by atoms with van der Waals surface area (Å²) in [5.41, 5.74) is 1.86. The topological polar surface area (TPSA) is 73.0 Å². The van der Waals surface area contributed by atoms with E-state index in [2.05, 4.69) is 15.5 Å². The smallest absolute Gasteiger partial charge is 0.233 e. The third-order valence-electron chi connectivity index (χ3n) is 4.48. The average Bonchev–Trinajstić information content (AvgIpc) is 3.20. The predicted octanol–water partition coefficient (Wildman–Crippen LogP) is 3.60. The molecule has 1 fully saturated rings. The number of benzene rings is 1. The largest absolute Gasteiger partial charge is 0.469 e. The lowest BCUT2D eigenvalue weighted by molar-refractivity contribution is -0.120. The normalized spacial score (nSPS) is 17.7. The van der Waals surface area contributed by atoms with Crippen molar-refractivity contribution in [2.24, 2.45) is 0 Å². The van der Waals surface area contributed by atoms with Gasteiger partial charge in [-0.1, -0.05) is 36.4 Å². The van der Waals surface area contributed by atoms with Crippen LogP contribution in [0, 0.1) is 6.92 Å². The number of aromatic nitrogens is 3. The Morgan fingerprint density at radius 1 is 1.19 bits per heavy atom. The Kier molecular flexibility index (Phi) is 4.79. The molecule has 0 radical (unpaired) electrons. The number of amides is 1. The van der Waals surface area contributed by atoms with Gasteiger partial charge in [-0.15, -0.1) is 10.2 Å². The lowest BCUT2D eigenvalue weighted by Gasteiger charge is -2.14. The summed E-state index contributed by atoms with van der Waals surface area (Å²) < 4.78 is 7.45. The molecule has 0 spiro atoms. The third kappa shape index (κ3) is 3.26. The zero-order valence-corrected chi connectivity index (χ0v) is 15.3. The van der Waals surface area contributed by atoms with Crippen LogP contribution in [0.25, 0.3) is 17.1 Å². The summed E-state index contributed by atoms with van der Waals surface area (Å²) in [6, 6.07) is 11.9. The predicted molar refractivity (Wildman–Crippen MR) is 100 cm³/mol. The Balaban J connectivity index is 1.76. The van der Waals surface area contributed by atoms with E-state index in [1.807, 2.05) is 47.9 Å². The summed E-state index contributed by atoms with van der Waals surface area (Å²) in [6.07, 6.45) is 4.55. The van der Waals surface area contributed by atoms with Gasteiger partial charge in [0.15, 0.2) is 11.0 Å². The molecule has 1 aromatic carbocycles. The maximum absolute atomic E-state index is 12.4. The summed E-state index contributed by atoms with van der Waals surface area (Å²) in [5, 5.41) is 12.4. The Bertz CT molecular complexity index is 903. The van der Waals surface area contributed by atoms with E-state index >= 15 is 0 Å². The van der Waals surface area contributed by atoms with E-state index in [0.29, 0.717) is 5.16 Å². The molecule has 3 heterocycles. The van der Waals surface area contributed by atoms with Gasteiger partial charge in [0.1, 0.15) is 5.76 Å². The highest BCUT2D eigenvalue weighted by Crippen LogP contribution is 2.33. The van der Waals surface area contributed by atoms with Gasteiger partial charge in [0.2, 0.25) is 5.91 Å². The number of hydrogen-bond donors (Lipinski definition) is 1. The van der Waals surface area contributed by atoms with E-state index in [9.17, 15) is 4.79 Å². The minimum Gasteiger partial charge on any atom is -0.469 e. The Labute approximate surface area is 156 Å². The van der Waals surface area contributed by atoms with Crippen molar-refractivity contribution in [1.82, 2.24) is 20.1 Å². The standard InChI is InChI=1S/C19H20N4O2S/c1-13-15(10-12-25-13)17-21-22-19(23(17)14-7-3-2-4-8-14)26-16-9-5-6-11-20-18(16)24/h2-4,7-8,10,12,16H,5-6,9,11H2,1H3,(H,20,24). The van der Waals surface area contributed by atoms with Gasteiger partial charge in [-0.05, 0) is 38.0 Å². The molecular weight excluding hydrogens is 348 g/mol. The average molecular weight is 368 g/mol. The molecule has 1 atom stereocenters. The molecule has 1 saturated heterocycles. The highest BCUT2D eigenvalue weighted by Gasteiger charge is 2.26. The van der Waals surface area contributed by atoms with Crippen molar-refractivity contribution in [3.8, 4) is 17.1 Å². The molecule has 2 aromatic heterocycles. The Hall–Kier alpha value is -2.54. The van der Waals surface area contributed by atoms with Crippen molar-refractivity contribution < 1.29 is 9.21 Å². The molecule has 7 heteroatoms. The molecule has 1 amide bonds. The molecule has 1 N–H and O–H groups in total. The van der Waals surface area contributed by atoms with E-state index < -0.39 is 0 Å². The number of hydrogen-bond acceptors (Lipinski definition) is 5. The number of para-hydroxylation sites is 1. The van der Waals surface area contributed by atoms with E-state index in [0.717, 1.165) is 48.6 Å². The maximum Gasteiger partial charge on any atom is 0.233 e. The monoisotopic (exact) mass is 368 g/mol. The summed E-state index contributed by atoms with van der Waals surface area (Å²) in [6.45, 7) is 2.66. The summed E-state index contributed by atoms with van der Waals surface area (Å²) in [5.74, 6) is 1.59. The van der Waals surface area contributed by atoms with Gasteiger partial charge in [-0.2, -0.15) is 0 Å². The highest BCUT2D eigenvalue weighted by molar-refractivity contribution is 8.00. The number of furan rings is 1. The van der Waals surface area contributed by atoms with Gasteiger partial charge < -0.3 is 9.73 Å². The van der Waals surface area contributed by atoms with Crippen LogP contribution in [0.5, 0.6) is 0 Å². The second-order valence-electron chi connectivity index (χ2n) is 6.26. The van der Waals surface area contributed by atoms with Crippen molar-refractivity contribution in [2.45, 2.75) is 36.6 Å². The van der Waals surface area contributed by atoms with E-state index in [1.165, 1.54) is 11.8 Å². The second-order valence-corrected chi connectivity index (χ2v) is 7.43. The maximum atomic E-state index is 12.4. The first-order valence-corrected chi connectivity index (χ1v) is 9.61. The first-order chi connectivity index (χ1) is 12.7. The molecule has 1 aliphatic heterocycles. The molecular formula is C19H20N4O2S. The molecule has 0 aliphatic carbocycles. The molecule has 0 saturated carbocycles. The van der Waals surface area contributed by atoms with Crippen LogP contribution < -0.4 is 5.32 Å². The summed E-state index contributed by atoms with van der Waals surface area (Å²) >= 11 is 1.48. The number of aryl methyl sites for hydroxylation is 1. The van der Waals surface area contributed by atoms with Crippen LogP contribution in [0.15, 0.2) is 52.2 Å². The summed E-state index contributed by atoms with van der Waals surface area (Å²) in [4.78, 5) is 12.4. The quantitative estimate of drug-likeness (QED) is 0.762. The first kappa shape index (κ1) is 16.9. The first-order valence-electron chi connectivity index (χ1n) is 8.73. The number of rotatable bonds is 4. The van der Waals surface area contributed by atoms with Gasteiger partial charge in [0, 0.05) is 12.2 Å². The van der Waals surface area contributed by atoms with Crippen LogP contribution in [0.2, 0.25) is 0 Å². The zero-order valence-electron chi connectivity index (χ0n) is 14.5. The SMILES string of the molecule is Cc1occc1-c1nnc(SC2CCCCNC2=O)n1-c1ccccc1. The number of thioether (sulfide) groups is 1. The van der Waals surface area contributed by atoms with Crippen LogP contribution in [0.4, 0.5) is 0 Å². The van der Waals surface area contributed by atoms with Gasteiger partial charge in [0.25, 0.3) is 0 Å². The van der Waals surface area contributed by atoms with Crippen molar-refractivity contribution in [3.05, 3.63) is 48.4 Å². The minimum atomic E-state index is -0.151. The number of nitrogens with zero attached hydrogens (tertiary/aromatic N) is 3. The molecule has 1 aliphatic rings. The van der Waals surface area contributed by atoms with E-state index in [4.69, 9.17) is 4.42 Å². The van der Waals surface area contributed by atoms with Crippen molar-refractivity contribution in [2.75, 3.05) is 6.54 Å². The molecule has 0 bridgehead atoms. The highest BCUT2D eigenvalue weighted by atomic mass is 32.2. The lowest BCUT2D eigenvalue weighted by atomic mass is 10.2.